The van der Waals surface area contributed by atoms with Crippen LogP contribution in [0.5, 0.6) is 17.2 Å². The van der Waals surface area contributed by atoms with Crippen molar-refractivity contribution in [3.63, 3.8) is 0 Å². The fraction of sp³-hybridized carbons (Fsp3) is 0.222. The fourth-order valence-electron chi connectivity index (χ4n) is 2.23. The van der Waals surface area contributed by atoms with Crippen LogP contribution in [0.15, 0.2) is 41.5 Å². The monoisotopic (exact) mass is 326 g/mol. The van der Waals surface area contributed by atoms with Gasteiger partial charge in [0.25, 0.3) is 5.91 Å². The number of aryl methyl sites for hydroxylation is 1. The Hall–Kier alpha value is -3.02. The van der Waals surface area contributed by atoms with Crippen LogP contribution in [0, 0.1) is 13.8 Å². The highest BCUT2D eigenvalue weighted by Crippen LogP contribution is 2.31. The summed E-state index contributed by atoms with van der Waals surface area (Å²) in [6.07, 6.45) is 1.54. The number of hydrogen-bond donors (Lipinski definition) is 1. The Labute approximate surface area is 140 Å². The minimum Gasteiger partial charge on any atom is -0.483 e. The van der Waals surface area contributed by atoms with Gasteiger partial charge in [-0.2, -0.15) is 5.10 Å². The first-order valence-corrected chi connectivity index (χ1v) is 7.54. The number of hydrazone groups is 1. The Morgan fingerprint density at radius 2 is 2.08 bits per heavy atom. The van der Waals surface area contributed by atoms with E-state index in [1.54, 1.807) is 12.1 Å². The first kappa shape index (κ1) is 15.9. The molecule has 1 aliphatic heterocycles. The molecular weight excluding hydrogens is 308 g/mol. The molecule has 2 aromatic carbocycles. The van der Waals surface area contributed by atoms with Crippen LogP contribution >= 0.6 is 0 Å². The molecule has 1 aliphatic rings. The number of fused-ring (bicyclic) bond motifs is 1. The molecule has 0 saturated carbocycles. The third-order valence-corrected chi connectivity index (χ3v) is 3.71. The summed E-state index contributed by atoms with van der Waals surface area (Å²) >= 11 is 0. The van der Waals surface area contributed by atoms with Gasteiger partial charge in [0.2, 0.25) is 6.79 Å². The summed E-state index contributed by atoms with van der Waals surface area (Å²) < 4.78 is 16.0. The van der Waals surface area contributed by atoms with Crippen LogP contribution in [0.1, 0.15) is 16.7 Å². The maximum atomic E-state index is 11.8. The lowest BCUT2D eigenvalue weighted by atomic mass is 10.1. The Morgan fingerprint density at radius 3 is 2.96 bits per heavy atom. The van der Waals surface area contributed by atoms with Crippen LogP contribution in [0.25, 0.3) is 0 Å². The van der Waals surface area contributed by atoms with Gasteiger partial charge in [-0.1, -0.05) is 12.1 Å². The highest BCUT2D eigenvalue weighted by Gasteiger charge is 2.12. The molecule has 0 atom stereocenters. The largest absolute Gasteiger partial charge is 0.483 e. The molecule has 2 aromatic rings. The summed E-state index contributed by atoms with van der Waals surface area (Å²) in [5, 5.41) is 3.92. The number of ether oxygens (including phenoxy) is 3. The highest BCUT2D eigenvalue weighted by atomic mass is 16.7. The van der Waals surface area contributed by atoms with Gasteiger partial charge in [0.1, 0.15) is 5.75 Å². The predicted octanol–water partition coefficient (Wildman–Crippen LogP) is 2.56. The normalized spacial score (nSPS) is 12.4. The predicted molar refractivity (Wildman–Crippen MR) is 89.7 cm³/mol. The number of carbonyl (C=O) groups is 1. The van der Waals surface area contributed by atoms with E-state index >= 15 is 0 Å². The molecule has 0 unspecified atom stereocenters. The molecule has 6 nitrogen and oxygen atoms in total. The lowest BCUT2D eigenvalue weighted by Gasteiger charge is -2.09. The van der Waals surface area contributed by atoms with Gasteiger partial charge in [-0.25, -0.2) is 5.43 Å². The van der Waals surface area contributed by atoms with Gasteiger partial charge < -0.3 is 14.2 Å². The molecule has 24 heavy (non-hydrogen) atoms. The van der Waals surface area contributed by atoms with Crippen molar-refractivity contribution in [3.05, 3.63) is 53.1 Å². The quantitative estimate of drug-likeness (QED) is 0.677. The van der Waals surface area contributed by atoms with E-state index in [2.05, 4.69) is 10.5 Å². The number of amides is 1. The summed E-state index contributed by atoms with van der Waals surface area (Å²) in [6.45, 7) is 4.09. The van der Waals surface area contributed by atoms with Gasteiger partial charge in [-0.05, 0) is 54.8 Å². The van der Waals surface area contributed by atoms with Crippen LogP contribution in [0.3, 0.4) is 0 Å². The van der Waals surface area contributed by atoms with Crippen LogP contribution in [0.2, 0.25) is 0 Å². The lowest BCUT2D eigenvalue weighted by molar-refractivity contribution is -0.123. The van der Waals surface area contributed by atoms with E-state index in [4.69, 9.17) is 14.2 Å². The van der Waals surface area contributed by atoms with E-state index < -0.39 is 0 Å². The zero-order chi connectivity index (χ0) is 16.9. The average Bonchev–Trinajstić information content (AvgIpc) is 3.04. The van der Waals surface area contributed by atoms with Crippen LogP contribution < -0.4 is 19.6 Å². The molecule has 0 spiro atoms. The molecule has 0 radical (unpaired) electrons. The van der Waals surface area contributed by atoms with Crippen molar-refractivity contribution in [2.24, 2.45) is 5.10 Å². The second kappa shape index (κ2) is 7.04. The molecule has 0 fully saturated rings. The van der Waals surface area contributed by atoms with Gasteiger partial charge in [0.15, 0.2) is 18.1 Å². The van der Waals surface area contributed by atoms with E-state index in [0.717, 1.165) is 16.7 Å². The summed E-state index contributed by atoms with van der Waals surface area (Å²) in [5.41, 5.74) is 5.38. The third-order valence-electron chi connectivity index (χ3n) is 3.71. The summed E-state index contributed by atoms with van der Waals surface area (Å²) in [4.78, 5) is 11.8. The third kappa shape index (κ3) is 3.65. The molecule has 3 rings (SSSR count). The number of nitrogens with one attached hydrogen (secondary N) is 1. The zero-order valence-electron chi connectivity index (χ0n) is 13.5. The maximum absolute atomic E-state index is 11.8. The van der Waals surface area contributed by atoms with Crippen LogP contribution in [-0.2, 0) is 4.79 Å². The number of hydrogen-bond acceptors (Lipinski definition) is 5. The first-order chi connectivity index (χ1) is 11.6. The van der Waals surface area contributed by atoms with Crippen LogP contribution in [0.4, 0.5) is 0 Å². The smallest absolute Gasteiger partial charge is 0.277 e. The van der Waals surface area contributed by atoms with Crippen molar-refractivity contribution in [3.8, 4) is 17.2 Å². The molecule has 6 heteroatoms. The SMILES string of the molecule is Cc1cccc(OCC(=O)N/N=C/c2ccc3c(c2)OCO3)c1C. The van der Waals surface area contributed by atoms with E-state index in [1.165, 1.54) is 6.21 Å². The van der Waals surface area contributed by atoms with Gasteiger partial charge in [0.05, 0.1) is 6.21 Å². The van der Waals surface area contributed by atoms with Gasteiger partial charge >= 0.3 is 0 Å². The topological polar surface area (TPSA) is 69.2 Å². The summed E-state index contributed by atoms with van der Waals surface area (Å²) in [7, 11) is 0. The van der Waals surface area contributed by atoms with E-state index in [9.17, 15) is 4.79 Å². The highest BCUT2D eigenvalue weighted by molar-refractivity contribution is 5.83. The molecule has 0 aliphatic carbocycles. The molecule has 0 saturated heterocycles. The molecule has 1 heterocycles. The Bertz CT molecular complexity index is 787. The second-order valence-corrected chi connectivity index (χ2v) is 5.39. The average molecular weight is 326 g/mol. The molecular formula is C18H18N2O4. The van der Waals surface area contributed by atoms with Crippen molar-refractivity contribution in [1.29, 1.82) is 0 Å². The molecule has 1 N–H and O–H groups in total. The maximum Gasteiger partial charge on any atom is 0.277 e. The van der Waals surface area contributed by atoms with Crippen molar-refractivity contribution in [2.75, 3.05) is 13.4 Å². The van der Waals surface area contributed by atoms with Crippen molar-refractivity contribution in [1.82, 2.24) is 5.43 Å². The van der Waals surface area contributed by atoms with Gasteiger partial charge in [0, 0.05) is 0 Å². The standard InChI is InChI=1S/C18H18N2O4/c1-12-4-3-5-15(13(12)2)22-10-18(21)20-19-9-14-6-7-16-17(8-14)24-11-23-16/h3-9H,10-11H2,1-2H3,(H,20,21)/b19-9+. The number of carbonyl (C=O) groups excluding carboxylic acids is 1. The second-order valence-electron chi connectivity index (χ2n) is 5.39. The summed E-state index contributed by atoms with van der Waals surface area (Å²) in [5.74, 6) is 1.75. The molecule has 1 amide bonds. The van der Waals surface area contributed by atoms with Crippen molar-refractivity contribution in [2.45, 2.75) is 13.8 Å². The van der Waals surface area contributed by atoms with E-state index in [-0.39, 0.29) is 19.3 Å². The molecule has 0 bridgehead atoms. The number of nitrogens with zero attached hydrogens (tertiary/aromatic N) is 1. The van der Waals surface area contributed by atoms with Crippen molar-refractivity contribution < 1.29 is 19.0 Å². The Balaban J connectivity index is 1.51. The van der Waals surface area contributed by atoms with Gasteiger partial charge in [-0.3, -0.25) is 4.79 Å². The van der Waals surface area contributed by atoms with Crippen molar-refractivity contribution >= 4 is 12.1 Å². The number of benzene rings is 2. The van der Waals surface area contributed by atoms with E-state index in [1.807, 2.05) is 38.1 Å². The first-order valence-electron chi connectivity index (χ1n) is 7.54. The van der Waals surface area contributed by atoms with Crippen LogP contribution in [-0.4, -0.2) is 25.5 Å². The Morgan fingerprint density at radius 1 is 1.25 bits per heavy atom. The minimum absolute atomic E-state index is 0.0945. The zero-order valence-corrected chi connectivity index (χ0v) is 13.5. The Kier molecular flexibility index (Phi) is 4.65. The van der Waals surface area contributed by atoms with Gasteiger partial charge in [-0.15, -0.1) is 0 Å². The lowest BCUT2D eigenvalue weighted by Crippen LogP contribution is -2.24. The van der Waals surface area contributed by atoms with E-state index in [0.29, 0.717) is 17.2 Å². The number of rotatable bonds is 5. The molecule has 124 valence electrons. The summed E-state index contributed by atoms with van der Waals surface area (Å²) in [6, 6.07) is 11.2. The fourth-order valence-corrected chi connectivity index (χ4v) is 2.23. The molecule has 0 aromatic heterocycles. The minimum atomic E-state index is -0.326.